The fraction of sp³-hybridized carbons (Fsp3) is 0.412. The van der Waals surface area contributed by atoms with E-state index in [1.165, 1.54) is 0 Å². The Morgan fingerprint density at radius 2 is 2.00 bits per heavy atom. The molecule has 2 heterocycles. The average Bonchev–Trinajstić information content (AvgIpc) is 2.80. The number of fused-ring (bicyclic) bond motifs is 1. The predicted octanol–water partition coefficient (Wildman–Crippen LogP) is 3.70. The molecule has 0 saturated heterocycles. The van der Waals surface area contributed by atoms with Crippen molar-refractivity contribution in [2.75, 3.05) is 12.4 Å². The van der Waals surface area contributed by atoms with E-state index in [4.69, 9.17) is 11.6 Å². The predicted molar refractivity (Wildman–Crippen MR) is 91.9 cm³/mol. The third kappa shape index (κ3) is 2.49. The summed E-state index contributed by atoms with van der Waals surface area (Å²) < 4.78 is 1.66. The van der Waals surface area contributed by atoms with Gasteiger partial charge in [0.05, 0.1) is 16.8 Å². The zero-order chi connectivity index (χ0) is 16.9. The number of anilines is 1. The Kier molecular flexibility index (Phi) is 3.84. The first-order valence-electron chi connectivity index (χ1n) is 7.68. The Balaban J connectivity index is 2.12. The van der Waals surface area contributed by atoms with Gasteiger partial charge in [-0.2, -0.15) is 5.10 Å². The molecule has 6 heteroatoms. The van der Waals surface area contributed by atoms with Gasteiger partial charge < -0.3 is 10.2 Å². The van der Waals surface area contributed by atoms with Crippen LogP contribution in [0, 0.1) is 6.92 Å². The van der Waals surface area contributed by atoms with E-state index in [1.54, 1.807) is 16.6 Å². The van der Waals surface area contributed by atoms with E-state index in [0.717, 1.165) is 22.5 Å². The second-order valence-corrected chi connectivity index (χ2v) is 6.74. The molecule has 0 fully saturated rings. The van der Waals surface area contributed by atoms with Gasteiger partial charge in [0.2, 0.25) is 0 Å². The van der Waals surface area contributed by atoms with Crippen molar-refractivity contribution in [2.24, 2.45) is 7.05 Å². The van der Waals surface area contributed by atoms with Crippen molar-refractivity contribution < 1.29 is 4.79 Å². The van der Waals surface area contributed by atoms with Gasteiger partial charge in [0, 0.05) is 19.8 Å². The van der Waals surface area contributed by atoms with E-state index in [0.29, 0.717) is 10.7 Å². The lowest BCUT2D eigenvalue weighted by Gasteiger charge is -2.36. The lowest BCUT2D eigenvalue weighted by molar-refractivity contribution is 0.0735. The van der Waals surface area contributed by atoms with Crippen LogP contribution in [0.2, 0.25) is 5.15 Å². The highest BCUT2D eigenvalue weighted by molar-refractivity contribution is 6.30. The molecule has 5 nitrogen and oxygen atoms in total. The molecule has 0 bridgehead atoms. The highest BCUT2D eigenvalue weighted by atomic mass is 35.5. The van der Waals surface area contributed by atoms with Gasteiger partial charge in [-0.05, 0) is 25.0 Å². The molecule has 1 unspecified atom stereocenters. The quantitative estimate of drug-likeness (QED) is 0.912. The Labute approximate surface area is 141 Å². The van der Waals surface area contributed by atoms with Gasteiger partial charge in [-0.1, -0.05) is 37.1 Å². The zero-order valence-corrected chi connectivity index (χ0v) is 14.8. The van der Waals surface area contributed by atoms with Crippen LogP contribution in [-0.4, -0.2) is 27.6 Å². The lowest BCUT2D eigenvalue weighted by Crippen LogP contribution is -2.40. The molecule has 23 heavy (non-hydrogen) atoms. The third-order valence-corrected chi connectivity index (χ3v) is 4.71. The van der Waals surface area contributed by atoms with Crippen LogP contribution in [0.5, 0.6) is 0 Å². The molecule has 1 aliphatic rings. The number of carbonyl (C=O) groups excluding carboxylic acids is 1. The van der Waals surface area contributed by atoms with Crippen molar-refractivity contribution >= 4 is 23.2 Å². The van der Waals surface area contributed by atoms with E-state index in [1.807, 2.05) is 32.2 Å². The minimum Gasteiger partial charge on any atom is -0.361 e. The number of amides is 1. The van der Waals surface area contributed by atoms with Crippen LogP contribution < -0.4 is 5.32 Å². The summed E-state index contributed by atoms with van der Waals surface area (Å²) in [6.07, 6.45) is -0.323. The maximum atomic E-state index is 12.8. The molecule has 1 aromatic heterocycles. The monoisotopic (exact) mass is 332 g/mol. The Morgan fingerprint density at radius 3 is 2.65 bits per heavy atom. The van der Waals surface area contributed by atoms with Crippen molar-refractivity contribution in [3.8, 4) is 0 Å². The molecule has 0 saturated carbocycles. The first-order valence-corrected chi connectivity index (χ1v) is 8.05. The van der Waals surface area contributed by atoms with Crippen LogP contribution in [0.15, 0.2) is 18.2 Å². The fourth-order valence-electron chi connectivity index (χ4n) is 3.00. The van der Waals surface area contributed by atoms with E-state index in [-0.39, 0.29) is 18.0 Å². The normalized spacial score (nSPS) is 17.4. The maximum absolute atomic E-state index is 12.8. The summed E-state index contributed by atoms with van der Waals surface area (Å²) in [5.74, 6) is 0.204. The second kappa shape index (κ2) is 5.57. The summed E-state index contributed by atoms with van der Waals surface area (Å²) >= 11 is 6.48. The second-order valence-electron chi connectivity index (χ2n) is 6.38. The van der Waals surface area contributed by atoms with Gasteiger partial charge in [-0.15, -0.1) is 0 Å². The smallest absolute Gasteiger partial charge is 0.257 e. The first-order chi connectivity index (χ1) is 10.8. The summed E-state index contributed by atoms with van der Waals surface area (Å²) in [4.78, 5) is 14.5. The summed E-state index contributed by atoms with van der Waals surface area (Å²) in [5, 5.41) is 8.52. The van der Waals surface area contributed by atoms with Crippen LogP contribution in [0.25, 0.3) is 0 Å². The van der Waals surface area contributed by atoms with Gasteiger partial charge in [0.25, 0.3) is 5.91 Å². The molecule has 2 aromatic rings. The number of hydrogen-bond acceptors (Lipinski definition) is 3. The number of aromatic nitrogens is 2. The number of benzene rings is 1. The molecule has 0 aliphatic carbocycles. The SMILES string of the molecule is Cc1ccc2c(c1)C(=O)N(C)C(c1c(C(C)C)nn(C)c1Cl)N2. The summed E-state index contributed by atoms with van der Waals surface area (Å²) in [5.41, 5.74) is 4.36. The van der Waals surface area contributed by atoms with Gasteiger partial charge in [0.15, 0.2) is 0 Å². The van der Waals surface area contributed by atoms with E-state index < -0.39 is 0 Å². The van der Waals surface area contributed by atoms with Gasteiger partial charge in [-0.3, -0.25) is 9.48 Å². The van der Waals surface area contributed by atoms with Crippen LogP contribution >= 0.6 is 11.6 Å². The molecule has 1 atom stereocenters. The van der Waals surface area contributed by atoms with Gasteiger partial charge in [-0.25, -0.2) is 0 Å². The fourth-order valence-corrected chi connectivity index (χ4v) is 3.23. The maximum Gasteiger partial charge on any atom is 0.257 e. The zero-order valence-electron chi connectivity index (χ0n) is 14.0. The number of rotatable bonds is 2. The molecule has 1 amide bonds. The van der Waals surface area contributed by atoms with Crippen LogP contribution in [0.1, 0.15) is 53.1 Å². The van der Waals surface area contributed by atoms with Crippen molar-refractivity contribution in [1.29, 1.82) is 0 Å². The Bertz CT molecular complexity index is 781. The summed E-state index contributed by atoms with van der Waals surface area (Å²) in [7, 11) is 3.61. The van der Waals surface area contributed by atoms with Crippen LogP contribution in [-0.2, 0) is 7.05 Å². The highest BCUT2D eigenvalue weighted by Crippen LogP contribution is 2.38. The molecule has 0 spiro atoms. The Morgan fingerprint density at radius 1 is 1.30 bits per heavy atom. The van der Waals surface area contributed by atoms with Gasteiger partial charge >= 0.3 is 0 Å². The highest BCUT2D eigenvalue weighted by Gasteiger charge is 2.35. The average molecular weight is 333 g/mol. The first kappa shape index (κ1) is 15.9. The van der Waals surface area contributed by atoms with Crippen molar-refractivity contribution in [3.63, 3.8) is 0 Å². The number of halogens is 1. The summed E-state index contributed by atoms with van der Waals surface area (Å²) in [6, 6.07) is 5.85. The van der Waals surface area contributed by atoms with Crippen molar-refractivity contribution in [3.05, 3.63) is 45.7 Å². The van der Waals surface area contributed by atoms with Crippen LogP contribution in [0.4, 0.5) is 5.69 Å². The molecule has 1 aliphatic heterocycles. The van der Waals surface area contributed by atoms with Crippen molar-refractivity contribution in [2.45, 2.75) is 32.9 Å². The van der Waals surface area contributed by atoms with E-state index in [2.05, 4.69) is 24.3 Å². The molecular formula is C17H21ClN4O. The minimum atomic E-state index is -0.323. The molecule has 1 aromatic carbocycles. The lowest BCUT2D eigenvalue weighted by atomic mass is 9.99. The summed E-state index contributed by atoms with van der Waals surface area (Å²) in [6.45, 7) is 6.13. The topological polar surface area (TPSA) is 50.2 Å². The molecule has 3 rings (SSSR count). The minimum absolute atomic E-state index is 0.0120. The van der Waals surface area contributed by atoms with Crippen LogP contribution in [0.3, 0.4) is 0 Å². The molecular weight excluding hydrogens is 312 g/mol. The van der Waals surface area contributed by atoms with E-state index in [9.17, 15) is 4.79 Å². The van der Waals surface area contributed by atoms with Gasteiger partial charge in [0.1, 0.15) is 11.3 Å². The Hall–Kier alpha value is -2.01. The molecule has 0 radical (unpaired) electrons. The number of nitrogens with zero attached hydrogens (tertiary/aromatic N) is 3. The number of nitrogens with one attached hydrogen (secondary N) is 1. The largest absolute Gasteiger partial charge is 0.361 e. The standard InChI is InChI=1S/C17H21ClN4O/c1-9(2)14-13(15(18)22(5)20-14)16-19-12-7-6-10(3)8-11(12)17(23)21(16)4/h6-9,16,19H,1-5H3. The molecule has 1 N–H and O–H groups in total. The molecule has 122 valence electrons. The third-order valence-electron chi connectivity index (χ3n) is 4.27. The van der Waals surface area contributed by atoms with Crippen molar-refractivity contribution in [1.82, 2.24) is 14.7 Å². The van der Waals surface area contributed by atoms with E-state index >= 15 is 0 Å². The number of carbonyl (C=O) groups is 1. The number of hydrogen-bond donors (Lipinski definition) is 1. The number of aryl methyl sites for hydroxylation is 2.